The lowest BCUT2D eigenvalue weighted by Gasteiger charge is -2.23. The molecular formula is C17H25F3N4O2. The van der Waals surface area contributed by atoms with Gasteiger partial charge in [-0.1, -0.05) is 12.1 Å². The SMILES string of the molecule is CCNC(=NCC(=O)N(C)CC(F)(F)F)N(C)Cc1ccc(OC)cc1. The number of ether oxygens (including phenoxy) is 1. The Bertz CT molecular complexity index is 603. The van der Waals surface area contributed by atoms with Gasteiger partial charge < -0.3 is 19.9 Å². The summed E-state index contributed by atoms with van der Waals surface area (Å²) < 4.78 is 42.2. The van der Waals surface area contributed by atoms with Crippen LogP contribution in [-0.4, -0.2) is 68.7 Å². The second-order valence-electron chi connectivity index (χ2n) is 5.74. The van der Waals surface area contributed by atoms with Crippen molar-refractivity contribution in [1.29, 1.82) is 0 Å². The molecule has 1 rings (SSSR count). The number of carbonyl (C=O) groups is 1. The van der Waals surface area contributed by atoms with Gasteiger partial charge in [-0.2, -0.15) is 13.2 Å². The summed E-state index contributed by atoms with van der Waals surface area (Å²) in [5.41, 5.74) is 0.999. The Morgan fingerprint density at radius 2 is 1.81 bits per heavy atom. The zero-order valence-corrected chi connectivity index (χ0v) is 15.4. The average molecular weight is 374 g/mol. The molecule has 1 aromatic carbocycles. The van der Waals surface area contributed by atoms with Gasteiger partial charge in [-0.15, -0.1) is 0 Å². The van der Waals surface area contributed by atoms with Crippen molar-refractivity contribution < 1.29 is 22.7 Å². The lowest BCUT2D eigenvalue weighted by atomic mass is 10.2. The number of carbonyl (C=O) groups excluding carboxylic acids is 1. The normalized spacial score (nSPS) is 11.9. The Kier molecular flexibility index (Phi) is 8.21. The Labute approximate surface area is 151 Å². The van der Waals surface area contributed by atoms with Gasteiger partial charge in [0.15, 0.2) is 5.96 Å². The molecule has 0 fully saturated rings. The second-order valence-corrected chi connectivity index (χ2v) is 5.74. The number of guanidine groups is 1. The van der Waals surface area contributed by atoms with Crippen molar-refractivity contribution in [3.8, 4) is 5.75 Å². The summed E-state index contributed by atoms with van der Waals surface area (Å²) in [5.74, 6) is 0.489. The minimum Gasteiger partial charge on any atom is -0.497 e. The number of aliphatic imine (C=N–C) groups is 1. The maximum absolute atomic E-state index is 12.4. The highest BCUT2D eigenvalue weighted by atomic mass is 19.4. The highest BCUT2D eigenvalue weighted by Crippen LogP contribution is 2.15. The summed E-state index contributed by atoms with van der Waals surface area (Å²) in [6, 6.07) is 7.48. The molecule has 0 aliphatic rings. The summed E-state index contributed by atoms with van der Waals surface area (Å²) in [7, 11) is 4.48. The van der Waals surface area contributed by atoms with Gasteiger partial charge in [0.2, 0.25) is 5.91 Å². The maximum Gasteiger partial charge on any atom is 0.406 e. The van der Waals surface area contributed by atoms with Gasteiger partial charge >= 0.3 is 6.18 Å². The van der Waals surface area contributed by atoms with Crippen LogP contribution in [0.4, 0.5) is 13.2 Å². The molecule has 0 radical (unpaired) electrons. The van der Waals surface area contributed by atoms with Crippen LogP contribution in [0.2, 0.25) is 0 Å². The molecule has 146 valence electrons. The number of nitrogens with one attached hydrogen (secondary N) is 1. The predicted molar refractivity (Wildman–Crippen MR) is 94.1 cm³/mol. The van der Waals surface area contributed by atoms with E-state index in [0.29, 0.717) is 23.9 Å². The van der Waals surface area contributed by atoms with Crippen molar-refractivity contribution >= 4 is 11.9 Å². The van der Waals surface area contributed by atoms with E-state index in [-0.39, 0.29) is 6.54 Å². The van der Waals surface area contributed by atoms with Crippen molar-refractivity contribution in [1.82, 2.24) is 15.1 Å². The topological polar surface area (TPSA) is 57.2 Å². The number of likely N-dealkylation sites (N-methyl/N-ethyl adjacent to an activating group) is 1. The van der Waals surface area contributed by atoms with Crippen molar-refractivity contribution in [2.45, 2.75) is 19.6 Å². The van der Waals surface area contributed by atoms with Crippen LogP contribution < -0.4 is 10.1 Å². The van der Waals surface area contributed by atoms with E-state index in [1.54, 1.807) is 19.1 Å². The fraction of sp³-hybridized carbons (Fsp3) is 0.529. The van der Waals surface area contributed by atoms with Gasteiger partial charge in [0.1, 0.15) is 18.8 Å². The van der Waals surface area contributed by atoms with Crippen LogP contribution in [0.5, 0.6) is 5.75 Å². The summed E-state index contributed by atoms with van der Waals surface area (Å²) in [5, 5.41) is 3.03. The van der Waals surface area contributed by atoms with Gasteiger partial charge in [-0.25, -0.2) is 4.99 Å². The summed E-state index contributed by atoms with van der Waals surface area (Å²) >= 11 is 0. The Balaban J connectivity index is 2.72. The number of methoxy groups -OCH3 is 1. The van der Waals surface area contributed by atoms with Gasteiger partial charge in [0.25, 0.3) is 0 Å². The molecule has 0 bridgehead atoms. The van der Waals surface area contributed by atoms with E-state index in [1.165, 1.54) is 0 Å². The van der Waals surface area contributed by atoms with E-state index in [2.05, 4.69) is 10.3 Å². The van der Waals surface area contributed by atoms with E-state index in [9.17, 15) is 18.0 Å². The third-order valence-corrected chi connectivity index (χ3v) is 3.48. The molecule has 1 N–H and O–H groups in total. The summed E-state index contributed by atoms with van der Waals surface area (Å²) in [4.78, 5) is 18.4. The van der Waals surface area contributed by atoms with Crippen LogP contribution in [0, 0.1) is 0 Å². The van der Waals surface area contributed by atoms with Crippen LogP contribution in [0.3, 0.4) is 0 Å². The fourth-order valence-corrected chi connectivity index (χ4v) is 2.17. The number of alkyl halides is 3. The smallest absolute Gasteiger partial charge is 0.406 e. The van der Waals surface area contributed by atoms with Crippen LogP contribution in [0.1, 0.15) is 12.5 Å². The standard InChI is InChI=1S/C17H25F3N4O2/c1-5-21-16(22-10-15(25)24(3)12-17(18,19)20)23(2)11-13-6-8-14(26-4)9-7-13/h6-9H,5,10-12H2,1-4H3,(H,21,22). The molecule has 0 saturated carbocycles. The van der Waals surface area contributed by atoms with E-state index >= 15 is 0 Å². The highest BCUT2D eigenvalue weighted by molar-refractivity contribution is 5.84. The quantitative estimate of drug-likeness (QED) is 0.587. The monoisotopic (exact) mass is 374 g/mol. The van der Waals surface area contributed by atoms with Crippen molar-refractivity contribution in [2.24, 2.45) is 4.99 Å². The molecule has 0 heterocycles. The van der Waals surface area contributed by atoms with E-state index in [0.717, 1.165) is 18.4 Å². The number of hydrogen-bond acceptors (Lipinski definition) is 3. The zero-order chi connectivity index (χ0) is 19.7. The van der Waals surface area contributed by atoms with E-state index in [1.807, 2.05) is 31.2 Å². The van der Waals surface area contributed by atoms with Crippen LogP contribution in [0.25, 0.3) is 0 Å². The lowest BCUT2D eigenvalue weighted by Crippen LogP contribution is -2.41. The number of amides is 1. The fourth-order valence-electron chi connectivity index (χ4n) is 2.17. The molecule has 1 aromatic rings. The maximum atomic E-state index is 12.4. The van der Waals surface area contributed by atoms with Crippen LogP contribution in [0.15, 0.2) is 29.3 Å². The first-order chi connectivity index (χ1) is 12.2. The summed E-state index contributed by atoms with van der Waals surface area (Å²) in [6.45, 7) is 1.30. The molecule has 0 aromatic heterocycles. The Morgan fingerprint density at radius 3 is 2.31 bits per heavy atom. The molecule has 0 saturated heterocycles. The van der Waals surface area contributed by atoms with Gasteiger partial charge in [-0.05, 0) is 24.6 Å². The minimum atomic E-state index is -4.43. The van der Waals surface area contributed by atoms with Gasteiger partial charge in [-0.3, -0.25) is 4.79 Å². The van der Waals surface area contributed by atoms with Gasteiger partial charge in [0.05, 0.1) is 7.11 Å². The lowest BCUT2D eigenvalue weighted by molar-refractivity contribution is -0.157. The Hall–Kier alpha value is -2.45. The molecule has 9 heteroatoms. The first-order valence-corrected chi connectivity index (χ1v) is 8.09. The largest absolute Gasteiger partial charge is 0.497 e. The molecule has 26 heavy (non-hydrogen) atoms. The third-order valence-electron chi connectivity index (χ3n) is 3.48. The number of rotatable bonds is 7. The third kappa shape index (κ3) is 7.62. The first-order valence-electron chi connectivity index (χ1n) is 8.09. The zero-order valence-electron chi connectivity index (χ0n) is 15.4. The highest BCUT2D eigenvalue weighted by Gasteiger charge is 2.31. The second kappa shape index (κ2) is 9.88. The Morgan fingerprint density at radius 1 is 1.19 bits per heavy atom. The van der Waals surface area contributed by atoms with Crippen molar-refractivity contribution in [2.75, 3.05) is 40.8 Å². The number of hydrogen-bond donors (Lipinski definition) is 1. The summed E-state index contributed by atoms with van der Waals surface area (Å²) in [6.07, 6.45) is -4.43. The van der Waals surface area contributed by atoms with Crippen LogP contribution >= 0.6 is 0 Å². The molecule has 6 nitrogen and oxygen atoms in total. The number of halogens is 3. The first kappa shape index (κ1) is 21.6. The van der Waals surface area contributed by atoms with Crippen molar-refractivity contribution in [3.05, 3.63) is 29.8 Å². The molecule has 0 spiro atoms. The minimum absolute atomic E-state index is 0.359. The molecule has 1 amide bonds. The van der Waals surface area contributed by atoms with Crippen molar-refractivity contribution in [3.63, 3.8) is 0 Å². The molecule has 0 atom stereocenters. The van der Waals surface area contributed by atoms with E-state index in [4.69, 9.17) is 4.74 Å². The molecule has 0 aliphatic carbocycles. The van der Waals surface area contributed by atoms with Gasteiger partial charge in [0, 0.05) is 27.2 Å². The average Bonchev–Trinajstić information content (AvgIpc) is 2.57. The number of nitrogens with zero attached hydrogens (tertiary/aromatic N) is 3. The predicted octanol–water partition coefficient (Wildman–Crippen LogP) is 2.11. The molecule has 0 unspecified atom stereocenters. The van der Waals surface area contributed by atoms with Crippen LogP contribution in [-0.2, 0) is 11.3 Å². The number of benzene rings is 1. The molecule has 0 aliphatic heterocycles. The molecular weight excluding hydrogens is 349 g/mol. The van der Waals surface area contributed by atoms with E-state index < -0.39 is 18.6 Å².